The van der Waals surface area contributed by atoms with Gasteiger partial charge in [-0.2, -0.15) is 4.72 Å². The lowest BCUT2D eigenvalue weighted by Crippen LogP contribution is -2.54. The standard InChI is InChI=1S/C20H25N3O4S/c1-16(21-28(25,26)17-8-4-3-5-9-17)20(24)23-14-12-22(13-15-23)18-10-6-7-11-19(18)27-2/h3-11,16,21H,12-15H2,1-2H3/t16-/m1/s1. The van der Waals surface area contributed by atoms with Crippen molar-refractivity contribution in [2.24, 2.45) is 0 Å². The molecule has 1 fully saturated rings. The Kier molecular flexibility index (Phi) is 6.21. The van der Waals surface area contributed by atoms with Crippen molar-refractivity contribution in [2.45, 2.75) is 17.9 Å². The molecule has 1 amide bonds. The number of hydrogen-bond donors (Lipinski definition) is 1. The topological polar surface area (TPSA) is 79.0 Å². The summed E-state index contributed by atoms with van der Waals surface area (Å²) in [5.41, 5.74) is 0.995. The Morgan fingerprint density at radius 1 is 1.00 bits per heavy atom. The maximum absolute atomic E-state index is 12.7. The Morgan fingerprint density at radius 3 is 2.25 bits per heavy atom. The van der Waals surface area contributed by atoms with Crippen molar-refractivity contribution in [3.05, 3.63) is 54.6 Å². The van der Waals surface area contributed by atoms with Crippen LogP contribution in [0.15, 0.2) is 59.5 Å². The highest BCUT2D eigenvalue weighted by molar-refractivity contribution is 7.89. The third kappa shape index (κ3) is 4.45. The first-order valence-corrected chi connectivity index (χ1v) is 10.6. The predicted octanol–water partition coefficient (Wildman–Crippen LogP) is 1.71. The Bertz CT molecular complexity index is 910. The zero-order valence-electron chi connectivity index (χ0n) is 16.0. The molecule has 1 saturated heterocycles. The van der Waals surface area contributed by atoms with Gasteiger partial charge in [0.15, 0.2) is 0 Å². The van der Waals surface area contributed by atoms with Crippen LogP contribution in [0.2, 0.25) is 0 Å². The number of carbonyl (C=O) groups is 1. The van der Waals surface area contributed by atoms with Gasteiger partial charge in [0.1, 0.15) is 5.75 Å². The van der Waals surface area contributed by atoms with Crippen LogP contribution < -0.4 is 14.4 Å². The number of methoxy groups -OCH3 is 1. The molecule has 1 aliphatic rings. The fourth-order valence-corrected chi connectivity index (χ4v) is 4.50. The third-order valence-corrected chi connectivity index (χ3v) is 6.33. The molecule has 0 saturated carbocycles. The number of ether oxygens (including phenoxy) is 1. The first-order valence-electron chi connectivity index (χ1n) is 9.16. The molecule has 3 rings (SSSR count). The van der Waals surface area contributed by atoms with Crippen LogP contribution in [0.1, 0.15) is 6.92 Å². The van der Waals surface area contributed by atoms with Crippen LogP contribution in [0.4, 0.5) is 5.69 Å². The van der Waals surface area contributed by atoms with E-state index >= 15 is 0 Å². The number of para-hydroxylation sites is 2. The summed E-state index contributed by atoms with van der Waals surface area (Å²) in [7, 11) is -2.09. The Morgan fingerprint density at radius 2 is 1.61 bits per heavy atom. The molecule has 28 heavy (non-hydrogen) atoms. The van der Waals surface area contributed by atoms with Crippen LogP contribution in [-0.2, 0) is 14.8 Å². The van der Waals surface area contributed by atoms with E-state index in [4.69, 9.17) is 4.74 Å². The SMILES string of the molecule is COc1ccccc1N1CCN(C(=O)[C@@H](C)NS(=O)(=O)c2ccccc2)CC1. The van der Waals surface area contributed by atoms with Crippen molar-refractivity contribution in [3.63, 3.8) is 0 Å². The van der Waals surface area contributed by atoms with Crippen LogP contribution >= 0.6 is 0 Å². The van der Waals surface area contributed by atoms with Crippen molar-refractivity contribution in [1.82, 2.24) is 9.62 Å². The number of nitrogens with zero attached hydrogens (tertiary/aromatic N) is 2. The van der Waals surface area contributed by atoms with Crippen LogP contribution in [0, 0.1) is 0 Å². The van der Waals surface area contributed by atoms with Gasteiger partial charge in [-0.05, 0) is 31.2 Å². The van der Waals surface area contributed by atoms with Gasteiger partial charge in [0, 0.05) is 26.2 Å². The van der Waals surface area contributed by atoms with Crippen LogP contribution in [0.3, 0.4) is 0 Å². The van der Waals surface area contributed by atoms with Gasteiger partial charge < -0.3 is 14.5 Å². The predicted molar refractivity (Wildman–Crippen MR) is 108 cm³/mol. The van der Waals surface area contributed by atoms with Gasteiger partial charge >= 0.3 is 0 Å². The molecule has 0 aliphatic carbocycles. The number of sulfonamides is 1. The third-order valence-electron chi connectivity index (χ3n) is 4.77. The van der Waals surface area contributed by atoms with E-state index in [9.17, 15) is 13.2 Å². The van der Waals surface area contributed by atoms with Gasteiger partial charge in [-0.3, -0.25) is 4.79 Å². The average molecular weight is 404 g/mol. The van der Waals surface area contributed by atoms with E-state index in [1.54, 1.807) is 37.1 Å². The summed E-state index contributed by atoms with van der Waals surface area (Å²) in [6.45, 7) is 3.94. The summed E-state index contributed by atoms with van der Waals surface area (Å²) in [6.07, 6.45) is 0. The van der Waals surface area contributed by atoms with Gasteiger partial charge in [-0.25, -0.2) is 8.42 Å². The number of nitrogens with one attached hydrogen (secondary N) is 1. The molecule has 0 aromatic heterocycles. The molecule has 1 aliphatic heterocycles. The molecule has 7 nitrogen and oxygen atoms in total. The molecule has 1 atom stereocenters. The monoisotopic (exact) mass is 403 g/mol. The van der Waals surface area contributed by atoms with E-state index in [0.29, 0.717) is 26.2 Å². The summed E-state index contributed by atoms with van der Waals surface area (Å²) in [4.78, 5) is 16.7. The molecular formula is C20H25N3O4S. The number of carbonyl (C=O) groups excluding carboxylic acids is 1. The minimum Gasteiger partial charge on any atom is -0.495 e. The summed E-state index contributed by atoms with van der Waals surface area (Å²) in [5, 5.41) is 0. The Balaban J connectivity index is 1.60. The quantitative estimate of drug-likeness (QED) is 0.794. The normalized spacial score (nSPS) is 15.9. The summed E-state index contributed by atoms with van der Waals surface area (Å²) >= 11 is 0. The zero-order chi connectivity index (χ0) is 20.1. The summed E-state index contributed by atoms with van der Waals surface area (Å²) in [5.74, 6) is 0.574. The second kappa shape index (κ2) is 8.62. The molecule has 2 aromatic rings. The highest BCUT2D eigenvalue weighted by Crippen LogP contribution is 2.28. The molecule has 1 heterocycles. The summed E-state index contributed by atoms with van der Waals surface area (Å²) in [6, 6.07) is 15.0. The largest absolute Gasteiger partial charge is 0.495 e. The Labute approximate surface area is 166 Å². The second-order valence-corrected chi connectivity index (χ2v) is 8.35. The van der Waals surface area contributed by atoms with E-state index in [-0.39, 0.29) is 10.8 Å². The molecule has 150 valence electrons. The van der Waals surface area contributed by atoms with Gasteiger partial charge in [-0.15, -0.1) is 0 Å². The molecule has 1 N–H and O–H groups in total. The van der Waals surface area contributed by atoms with Crippen molar-refractivity contribution >= 4 is 21.6 Å². The maximum Gasteiger partial charge on any atom is 0.241 e. The van der Waals surface area contributed by atoms with E-state index in [0.717, 1.165) is 11.4 Å². The number of amides is 1. The van der Waals surface area contributed by atoms with E-state index < -0.39 is 16.1 Å². The first-order chi connectivity index (χ1) is 13.4. The van der Waals surface area contributed by atoms with Crippen molar-refractivity contribution in [1.29, 1.82) is 0 Å². The number of anilines is 1. The van der Waals surface area contributed by atoms with Crippen molar-refractivity contribution in [2.75, 3.05) is 38.2 Å². The van der Waals surface area contributed by atoms with Gasteiger partial charge in [0.25, 0.3) is 0 Å². The fraction of sp³-hybridized carbons (Fsp3) is 0.350. The van der Waals surface area contributed by atoms with Crippen molar-refractivity contribution in [3.8, 4) is 5.75 Å². The molecule has 0 spiro atoms. The maximum atomic E-state index is 12.7. The summed E-state index contributed by atoms with van der Waals surface area (Å²) < 4.78 is 32.8. The average Bonchev–Trinajstić information content (AvgIpc) is 2.73. The zero-order valence-corrected chi connectivity index (χ0v) is 16.9. The smallest absolute Gasteiger partial charge is 0.241 e. The van der Waals surface area contributed by atoms with Crippen LogP contribution in [-0.4, -0.2) is 58.6 Å². The number of piperazine rings is 1. The highest BCUT2D eigenvalue weighted by atomic mass is 32.2. The number of hydrogen-bond acceptors (Lipinski definition) is 5. The molecule has 0 radical (unpaired) electrons. The molecule has 8 heteroatoms. The first kappa shape index (κ1) is 20.2. The lowest BCUT2D eigenvalue weighted by Gasteiger charge is -2.37. The minimum absolute atomic E-state index is 0.149. The lowest BCUT2D eigenvalue weighted by atomic mass is 10.2. The minimum atomic E-state index is -3.73. The van der Waals surface area contributed by atoms with E-state index in [1.165, 1.54) is 12.1 Å². The van der Waals surface area contributed by atoms with Gasteiger partial charge in [0.05, 0.1) is 23.7 Å². The van der Waals surface area contributed by atoms with Gasteiger partial charge in [0.2, 0.25) is 15.9 Å². The second-order valence-electron chi connectivity index (χ2n) is 6.64. The molecule has 0 bridgehead atoms. The fourth-order valence-electron chi connectivity index (χ4n) is 3.28. The lowest BCUT2D eigenvalue weighted by molar-refractivity contribution is -0.132. The van der Waals surface area contributed by atoms with E-state index in [1.807, 2.05) is 24.3 Å². The van der Waals surface area contributed by atoms with Crippen molar-refractivity contribution < 1.29 is 17.9 Å². The van der Waals surface area contributed by atoms with Crippen LogP contribution in [0.5, 0.6) is 5.75 Å². The van der Waals surface area contributed by atoms with Gasteiger partial charge in [-0.1, -0.05) is 30.3 Å². The van der Waals surface area contributed by atoms with E-state index in [2.05, 4.69) is 9.62 Å². The molecule has 2 aromatic carbocycles. The Hall–Kier alpha value is -2.58. The highest BCUT2D eigenvalue weighted by Gasteiger charge is 2.28. The molecular weight excluding hydrogens is 378 g/mol. The number of rotatable bonds is 6. The molecule has 0 unspecified atom stereocenters. The number of benzene rings is 2. The van der Waals surface area contributed by atoms with Crippen LogP contribution in [0.25, 0.3) is 0 Å².